The Kier molecular flexibility index (Phi) is 4.35. The number of nitrogens with zero attached hydrogens (tertiary/aromatic N) is 1. The van der Waals surface area contributed by atoms with E-state index in [0.717, 1.165) is 6.42 Å². The maximum Gasteiger partial charge on any atom is 0.256 e. The fourth-order valence-corrected chi connectivity index (χ4v) is 2.59. The molecule has 0 aromatic heterocycles. The monoisotopic (exact) mass is 315 g/mol. The molecule has 98 valence electrons. The first-order valence-electron chi connectivity index (χ1n) is 5.85. The van der Waals surface area contributed by atoms with Crippen LogP contribution in [0.4, 0.5) is 4.39 Å². The molecule has 2 rings (SSSR count). The number of ether oxygens (including phenoxy) is 1. The van der Waals surface area contributed by atoms with Gasteiger partial charge >= 0.3 is 0 Å². The topological polar surface area (TPSA) is 29.5 Å². The van der Waals surface area contributed by atoms with E-state index < -0.39 is 5.82 Å². The second-order valence-corrected chi connectivity index (χ2v) is 5.32. The van der Waals surface area contributed by atoms with Gasteiger partial charge in [0.15, 0.2) is 0 Å². The fraction of sp³-hybridized carbons (Fsp3) is 0.462. The Morgan fingerprint density at radius 1 is 1.61 bits per heavy atom. The maximum atomic E-state index is 13.8. The third-order valence-corrected chi connectivity index (χ3v) is 3.77. The van der Waals surface area contributed by atoms with Crippen LogP contribution < -0.4 is 0 Å². The van der Waals surface area contributed by atoms with Crippen molar-refractivity contribution < 1.29 is 13.9 Å². The first-order valence-corrected chi connectivity index (χ1v) is 6.65. The summed E-state index contributed by atoms with van der Waals surface area (Å²) >= 11 is 3.09. The number of benzene rings is 1. The molecule has 1 aliphatic heterocycles. The Bertz CT molecular complexity index is 453. The van der Waals surface area contributed by atoms with Crippen molar-refractivity contribution in [1.82, 2.24) is 4.90 Å². The van der Waals surface area contributed by atoms with E-state index in [1.54, 1.807) is 24.1 Å². The molecule has 0 aliphatic carbocycles. The summed E-state index contributed by atoms with van der Waals surface area (Å²) < 4.78 is 19.2. The number of hydrogen-bond donors (Lipinski definition) is 0. The van der Waals surface area contributed by atoms with Gasteiger partial charge in [-0.15, -0.1) is 0 Å². The normalized spacial score (nSPS) is 19.3. The van der Waals surface area contributed by atoms with Crippen LogP contribution in [0.5, 0.6) is 0 Å². The molecule has 3 nitrogen and oxygen atoms in total. The molecule has 1 saturated heterocycles. The van der Waals surface area contributed by atoms with Crippen LogP contribution in [-0.2, 0) is 4.74 Å². The number of carbonyl (C=O) groups excluding carboxylic acids is 1. The van der Waals surface area contributed by atoms with Gasteiger partial charge in [0, 0.05) is 26.1 Å². The lowest BCUT2D eigenvalue weighted by Gasteiger charge is -2.17. The van der Waals surface area contributed by atoms with E-state index in [9.17, 15) is 9.18 Å². The third kappa shape index (κ3) is 2.72. The smallest absolute Gasteiger partial charge is 0.256 e. The molecule has 1 unspecified atom stereocenters. The average Bonchev–Trinajstić information content (AvgIpc) is 2.81. The molecular formula is C13H15BrFNO2. The molecule has 1 aromatic rings. The van der Waals surface area contributed by atoms with Gasteiger partial charge in [-0.25, -0.2) is 4.39 Å². The van der Waals surface area contributed by atoms with Gasteiger partial charge in [-0.2, -0.15) is 0 Å². The highest BCUT2D eigenvalue weighted by Crippen LogP contribution is 2.23. The molecule has 0 radical (unpaired) electrons. The van der Waals surface area contributed by atoms with Gasteiger partial charge in [0.25, 0.3) is 5.91 Å². The summed E-state index contributed by atoms with van der Waals surface area (Å²) in [6, 6.07) is 4.78. The summed E-state index contributed by atoms with van der Waals surface area (Å²) in [5.41, 5.74) is 0.127. The van der Waals surface area contributed by atoms with Gasteiger partial charge in [0.2, 0.25) is 0 Å². The summed E-state index contributed by atoms with van der Waals surface area (Å²) in [5.74, 6) is -0.376. The van der Waals surface area contributed by atoms with Crippen LogP contribution in [0.25, 0.3) is 0 Å². The van der Waals surface area contributed by atoms with Gasteiger partial charge in [-0.1, -0.05) is 6.07 Å². The molecule has 0 bridgehead atoms. The van der Waals surface area contributed by atoms with Gasteiger partial charge in [-0.3, -0.25) is 4.79 Å². The van der Waals surface area contributed by atoms with Crippen molar-refractivity contribution in [2.45, 2.75) is 6.42 Å². The summed E-state index contributed by atoms with van der Waals surface area (Å²) in [6.45, 7) is 1.95. The Morgan fingerprint density at radius 2 is 2.39 bits per heavy atom. The lowest BCUT2D eigenvalue weighted by Crippen LogP contribution is -2.30. The third-order valence-electron chi connectivity index (χ3n) is 3.16. The second-order valence-electron chi connectivity index (χ2n) is 4.46. The SMILES string of the molecule is COCC1CCN(C(=O)c2cccc(Br)c2F)C1. The molecule has 1 amide bonds. The standard InChI is InChI=1S/C13H15BrFNO2/c1-18-8-9-5-6-16(7-9)13(17)10-3-2-4-11(14)12(10)15/h2-4,9H,5-8H2,1H3. The van der Waals surface area contributed by atoms with Gasteiger partial charge in [0.1, 0.15) is 5.82 Å². The zero-order valence-corrected chi connectivity index (χ0v) is 11.7. The summed E-state index contributed by atoms with van der Waals surface area (Å²) in [4.78, 5) is 13.9. The van der Waals surface area contributed by atoms with Crippen LogP contribution in [0.2, 0.25) is 0 Å². The van der Waals surface area contributed by atoms with E-state index in [1.165, 1.54) is 6.07 Å². The first-order chi connectivity index (χ1) is 8.63. The lowest BCUT2D eigenvalue weighted by molar-refractivity contribution is 0.0770. The molecule has 18 heavy (non-hydrogen) atoms. The van der Waals surface area contributed by atoms with Crippen LogP contribution in [0.15, 0.2) is 22.7 Å². The van der Waals surface area contributed by atoms with E-state index in [0.29, 0.717) is 30.1 Å². The Labute approximate surface area is 114 Å². The predicted molar refractivity (Wildman–Crippen MR) is 70.0 cm³/mol. The van der Waals surface area contributed by atoms with Crippen LogP contribution in [0.3, 0.4) is 0 Å². The largest absolute Gasteiger partial charge is 0.384 e. The van der Waals surface area contributed by atoms with Gasteiger partial charge in [0.05, 0.1) is 16.6 Å². The van der Waals surface area contributed by atoms with E-state index in [4.69, 9.17) is 4.74 Å². The Morgan fingerprint density at radius 3 is 3.11 bits per heavy atom. The second kappa shape index (κ2) is 5.80. The number of amides is 1. The molecular weight excluding hydrogens is 301 g/mol. The quantitative estimate of drug-likeness (QED) is 0.858. The van der Waals surface area contributed by atoms with Gasteiger partial charge in [-0.05, 0) is 34.5 Å². The van der Waals surface area contributed by atoms with Gasteiger partial charge < -0.3 is 9.64 Å². The molecule has 0 N–H and O–H groups in total. The van der Waals surface area contributed by atoms with Crippen molar-refractivity contribution >= 4 is 21.8 Å². The van der Waals surface area contributed by atoms with Crippen molar-refractivity contribution in [3.8, 4) is 0 Å². The zero-order valence-electron chi connectivity index (χ0n) is 10.2. The van der Waals surface area contributed by atoms with Crippen molar-refractivity contribution in [2.24, 2.45) is 5.92 Å². The lowest BCUT2D eigenvalue weighted by atomic mass is 10.1. The fourth-order valence-electron chi connectivity index (χ4n) is 2.23. The zero-order chi connectivity index (χ0) is 13.1. The molecule has 5 heteroatoms. The van der Waals surface area contributed by atoms with Crippen molar-refractivity contribution in [3.05, 3.63) is 34.1 Å². The van der Waals surface area contributed by atoms with Crippen molar-refractivity contribution in [3.63, 3.8) is 0 Å². The van der Waals surface area contributed by atoms with Crippen LogP contribution >= 0.6 is 15.9 Å². The molecule has 1 heterocycles. The summed E-state index contributed by atoms with van der Waals surface area (Å²) in [6.07, 6.45) is 0.912. The van der Waals surface area contributed by atoms with Crippen LogP contribution in [-0.4, -0.2) is 37.6 Å². The predicted octanol–water partition coefficient (Wildman–Crippen LogP) is 2.70. The first kappa shape index (κ1) is 13.5. The highest BCUT2D eigenvalue weighted by molar-refractivity contribution is 9.10. The number of hydrogen-bond acceptors (Lipinski definition) is 2. The minimum atomic E-state index is -0.488. The highest BCUT2D eigenvalue weighted by atomic mass is 79.9. The minimum Gasteiger partial charge on any atom is -0.384 e. The van der Waals surface area contributed by atoms with Crippen molar-refractivity contribution in [2.75, 3.05) is 26.8 Å². The summed E-state index contributed by atoms with van der Waals surface area (Å²) in [7, 11) is 1.65. The van der Waals surface area contributed by atoms with E-state index in [2.05, 4.69) is 15.9 Å². The Balaban J connectivity index is 2.11. The molecule has 0 saturated carbocycles. The molecule has 0 spiro atoms. The average molecular weight is 316 g/mol. The van der Waals surface area contributed by atoms with E-state index in [-0.39, 0.29) is 11.5 Å². The molecule has 1 aromatic carbocycles. The Hall–Kier alpha value is -0.940. The number of methoxy groups -OCH3 is 1. The maximum absolute atomic E-state index is 13.8. The number of likely N-dealkylation sites (tertiary alicyclic amines) is 1. The summed E-state index contributed by atoms with van der Waals surface area (Å²) in [5, 5.41) is 0. The van der Waals surface area contributed by atoms with Crippen LogP contribution in [0, 0.1) is 11.7 Å². The van der Waals surface area contributed by atoms with E-state index >= 15 is 0 Å². The number of halogens is 2. The minimum absolute atomic E-state index is 0.127. The van der Waals surface area contributed by atoms with Crippen LogP contribution in [0.1, 0.15) is 16.8 Å². The molecule has 1 fully saturated rings. The number of carbonyl (C=O) groups is 1. The highest BCUT2D eigenvalue weighted by Gasteiger charge is 2.28. The molecule has 1 aliphatic rings. The van der Waals surface area contributed by atoms with Crippen molar-refractivity contribution in [1.29, 1.82) is 0 Å². The number of rotatable bonds is 3. The molecule has 1 atom stereocenters. The van der Waals surface area contributed by atoms with E-state index in [1.807, 2.05) is 0 Å².